The molecule has 4 heteroatoms. The van der Waals surface area contributed by atoms with Gasteiger partial charge in [-0.3, -0.25) is 14.5 Å². The van der Waals surface area contributed by atoms with Gasteiger partial charge in [-0.05, 0) is 13.8 Å². The van der Waals surface area contributed by atoms with Crippen LogP contribution in [0.5, 0.6) is 0 Å². The predicted molar refractivity (Wildman–Crippen MR) is 34.9 cm³/mol. The molecule has 0 unspecified atom stereocenters. The Balaban J connectivity index is 2.59. The Morgan fingerprint density at radius 3 is 1.89 bits per heavy atom. The lowest BCUT2D eigenvalue weighted by atomic mass is 9.66. The first-order valence-electron chi connectivity index (χ1n) is 2.98. The highest BCUT2D eigenvalue weighted by atomic mass is 16.2. The minimum atomic E-state index is -0.0463. The number of nitrogens with zero attached hydrogens (tertiary/aromatic N) is 1. The largest absolute Gasteiger partial charge is 0.342 e. The van der Waals surface area contributed by atoms with Crippen LogP contribution >= 0.6 is 0 Å². The van der Waals surface area contributed by atoms with Gasteiger partial charge in [0.1, 0.15) is 0 Å². The lowest BCUT2D eigenvalue weighted by Gasteiger charge is -2.31. The summed E-state index contributed by atoms with van der Waals surface area (Å²) >= 11 is 0. The molecule has 1 aliphatic heterocycles. The lowest BCUT2D eigenvalue weighted by Crippen LogP contribution is -2.57. The van der Waals surface area contributed by atoms with E-state index in [0.717, 1.165) is 0 Å². The molecule has 1 aliphatic rings. The summed E-state index contributed by atoms with van der Waals surface area (Å²) in [5.41, 5.74) is 0. The van der Waals surface area contributed by atoms with Gasteiger partial charge in [-0.15, -0.1) is 0 Å². The Morgan fingerprint density at radius 1 is 1.33 bits per heavy atom. The third kappa shape index (κ3) is 0.844. The number of hydrogen-bond acceptors (Lipinski definition) is 2. The molecule has 0 aromatic heterocycles. The molecule has 0 N–H and O–H groups in total. The van der Waals surface area contributed by atoms with Crippen LogP contribution in [0.4, 0.5) is 9.59 Å². The van der Waals surface area contributed by atoms with Crippen LogP contribution in [0.3, 0.4) is 0 Å². The fourth-order valence-corrected chi connectivity index (χ4v) is 0.924. The second-order valence-electron chi connectivity index (χ2n) is 2.43. The highest BCUT2D eigenvalue weighted by Gasteiger charge is 2.37. The van der Waals surface area contributed by atoms with E-state index in [9.17, 15) is 9.59 Å². The van der Waals surface area contributed by atoms with Crippen LogP contribution in [0.25, 0.3) is 0 Å². The maximum Gasteiger partial charge on any atom is 0.342 e. The molecule has 0 radical (unpaired) electrons. The molecule has 9 heavy (non-hydrogen) atoms. The van der Waals surface area contributed by atoms with E-state index in [1.54, 1.807) is 0 Å². The zero-order valence-electron chi connectivity index (χ0n) is 5.55. The molecule has 3 nitrogen and oxygen atoms in total. The molecule has 0 saturated carbocycles. The van der Waals surface area contributed by atoms with Gasteiger partial charge in [0.15, 0.2) is 11.6 Å². The van der Waals surface area contributed by atoms with E-state index in [0.29, 0.717) is 0 Å². The van der Waals surface area contributed by atoms with Crippen molar-refractivity contribution in [3.8, 4) is 0 Å². The van der Waals surface area contributed by atoms with Crippen molar-refractivity contribution in [3.05, 3.63) is 0 Å². The van der Waals surface area contributed by atoms with Gasteiger partial charge in [0, 0.05) is 6.04 Å². The Hall–Kier alpha value is -0.795. The Labute approximate surface area is 54.3 Å². The number of hydrogen-bond donors (Lipinski definition) is 0. The lowest BCUT2D eigenvalue weighted by molar-refractivity contribution is 0.194. The van der Waals surface area contributed by atoms with Crippen molar-refractivity contribution in [1.29, 1.82) is 0 Å². The van der Waals surface area contributed by atoms with Crippen molar-refractivity contribution in [2.24, 2.45) is 0 Å². The van der Waals surface area contributed by atoms with E-state index in [1.807, 2.05) is 13.8 Å². The molecule has 0 aliphatic carbocycles. The molecule has 0 atom stereocenters. The van der Waals surface area contributed by atoms with Crippen molar-refractivity contribution in [3.63, 3.8) is 0 Å². The molecule has 1 fully saturated rings. The maximum absolute atomic E-state index is 10.6. The second kappa shape index (κ2) is 1.86. The van der Waals surface area contributed by atoms with E-state index >= 15 is 0 Å². The SMILES string of the molecule is CC(C)N1C(=O)BC1=O. The summed E-state index contributed by atoms with van der Waals surface area (Å²) in [7, 11) is 0.109. The molecule has 2 amide bonds. The van der Waals surface area contributed by atoms with Gasteiger partial charge in [-0.2, -0.15) is 0 Å². The fourth-order valence-electron chi connectivity index (χ4n) is 0.924. The Morgan fingerprint density at radius 2 is 1.78 bits per heavy atom. The average Bonchev–Trinajstić information content (AvgIpc) is 1.62. The molecule has 0 aromatic rings. The predicted octanol–water partition coefficient (Wildman–Crippen LogP) is 0.387. The Bertz CT molecular complexity index is 152. The zero-order chi connectivity index (χ0) is 7.02. The van der Waals surface area contributed by atoms with Crippen molar-refractivity contribution >= 4 is 18.9 Å². The highest BCUT2D eigenvalue weighted by molar-refractivity contribution is 7.04. The molecular weight excluding hydrogens is 117 g/mol. The normalized spacial score (nSPS) is 17.9. The van der Waals surface area contributed by atoms with Crippen LogP contribution in [-0.2, 0) is 0 Å². The van der Waals surface area contributed by atoms with Crippen molar-refractivity contribution < 1.29 is 9.59 Å². The molecule has 0 spiro atoms. The first kappa shape index (κ1) is 6.33. The van der Waals surface area contributed by atoms with Crippen LogP contribution < -0.4 is 0 Å². The first-order chi connectivity index (χ1) is 4.13. The second-order valence-corrected chi connectivity index (χ2v) is 2.43. The fraction of sp³-hybridized carbons (Fsp3) is 0.600. The van der Waals surface area contributed by atoms with Crippen LogP contribution in [0.2, 0.25) is 0 Å². The molecule has 1 rings (SSSR count). The van der Waals surface area contributed by atoms with Crippen LogP contribution in [0, 0.1) is 0 Å². The van der Waals surface area contributed by atoms with E-state index in [-0.39, 0.29) is 24.9 Å². The van der Waals surface area contributed by atoms with E-state index in [1.165, 1.54) is 4.90 Å². The van der Waals surface area contributed by atoms with E-state index in [4.69, 9.17) is 0 Å². The highest BCUT2D eigenvalue weighted by Crippen LogP contribution is 2.09. The van der Waals surface area contributed by atoms with Crippen molar-refractivity contribution in [2.45, 2.75) is 19.9 Å². The summed E-state index contributed by atoms with van der Waals surface area (Å²) in [6.07, 6.45) is 0. The number of amides is 2. The van der Waals surface area contributed by atoms with Gasteiger partial charge in [-0.1, -0.05) is 0 Å². The van der Waals surface area contributed by atoms with Gasteiger partial charge in [-0.25, -0.2) is 0 Å². The number of imide groups is 1. The summed E-state index contributed by atoms with van der Waals surface area (Å²) < 4.78 is 0. The summed E-state index contributed by atoms with van der Waals surface area (Å²) in [6.45, 7) is 3.66. The monoisotopic (exact) mass is 125 g/mol. The number of carbonyl (C=O) groups excluding carboxylic acids is 2. The quantitative estimate of drug-likeness (QED) is 0.475. The van der Waals surface area contributed by atoms with Crippen molar-refractivity contribution in [1.82, 2.24) is 4.90 Å². The molecule has 48 valence electrons. The molecular formula is C5H8BNO2. The minimum absolute atomic E-state index is 0.0405. The average molecular weight is 125 g/mol. The van der Waals surface area contributed by atoms with Crippen molar-refractivity contribution in [2.75, 3.05) is 0 Å². The standard InChI is InChI=1S/C5H8BNO2/c1-3(2)7-4(8)6-5(7)9/h3,6H,1-2H3. The van der Waals surface area contributed by atoms with Gasteiger partial charge >= 0.3 is 7.28 Å². The minimum Gasteiger partial charge on any atom is -0.297 e. The first-order valence-corrected chi connectivity index (χ1v) is 2.98. The summed E-state index contributed by atoms with van der Waals surface area (Å²) in [5.74, 6) is -0.0926. The molecule has 1 heterocycles. The topological polar surface area (TPSA) is 37.4 Å². The van der Waals surface area contributed by atoms with Gasteiger partial charge in [0.05, 0.1) is 0 Å². The number of carbonyl (C=O) groups is 2. The molecule has 0 aromatic carbocycles. The third-order valence-corrected chi connectivity index (χ3v) is 1.36. The third-order valence-electron chi connectivity index (χ3n) is 1.36. The molecule has 1 saturated heterocycles. The van der Waals surface area contributed by atoms with Crippen LogP contribution in [-0.4, -0.2) is 29.8 Å². The number of rotatable bonds is 1. The van der Waals surface area contributed by atoms with Gasteiger partial charge in [0.2, 0.25) is 0 Å². The van der Waals surface area contributed by atoms with Gasteiger partial charge in [0.25, 0.3) is 0 Å². The summed E-state index contributed by atoms with van der Waals surface area (Å²) in [5, 5.41) is 0. The van der Waals surface area contributed by atoms with Crippen LogP contribution in [0.1, 0.15) is 13.8 Å². The van der Waals surface area contributed by atoms with E-state index in [2.05, 4.69) is 0 Å². The molecule has 0 bridgehead atoms. The summed E-state index contributed by atoms with van der Waals surface area (Å²) in [6, 6.07) is 0.0405. The maximum atomic E-state index is 10.6. The summed E-state index contributed by atoms with van der Waals surface area (Å²) in [4.78, 5) is 22.5. The van der Waals surface area contributed by atoms with Gasteiger partial charge < -0.3 is 0 Å². The smallest absolute Gasteiger partial charge is 0.297 e. The Kier molecular flexibility index (Phi) is 1.31. The van der Waals surface area contributed by atoms with E-state index < -0.39 is 0 Å². The zero-order valence-corrected chi connectivity index (χ0v) is 5.55. The van der Waals surface area contributed by atoms with Crippen LogP contribution in [0.15, 0.2) is 0 Å².